The van der Waals surface area contributed by atoms with Crippen LogP contribution in [0.2, 0.25) is 0 Å². The van der Waals surface area contributed by atoms with Crippen LogP contribution in [0.3, 0.4) is 0 Å². The minimum Gasteiger partial charge on any atom is -0.385 e. The number of fused-ring (bicyclic) bond motifs is 3. The van der Waals surface area contributed by atoms with Crippen molar-refractivity contribution < 1.29 is 5.11 Å². The third kappa shape index (κ3) is 2.90. The summed E-state index contributed by atoms with van der Waals surface area (Å²) in [6.07, 6.45) is 5.32. The zero-order chi connectivity index (χ0) is 17.7. The van der Waals surface area contributed by atoms with Crippen LogP contribution in [0.5, 0.6) is 0 Å². The maximum atomic E-state index is 10.2. The van der Waals surface area contributed by atoms with Crippen molar-refractivity contribution in [1.82, 2.24) is 10.3 Å². The normalized spacial score (nSPS) is 20.9. The summed E-state index contributed by atoms with van der Waals surface area (Å²) in [7, 11) is 0. The van der Waals surface area contributed by atoms with Crippen LogP contribution in [-0.4, -0.2) is 10.1 Å². The fourth-order valence-electron chi connectivity index (χ4n) is 4.22. The maximum absolute atomic E-state index is 10.2. The van der Waals surface area contributed by atoms with Crippen molar-refractivity contribution in [3.8, 4) is 0 Å². The van der Waals surface area contributed by atoms with Gasteiger partial charge in [0.15, 0.2) is 0 Å². The van der Waals surface area contributed by atoms with Gasteiger partial charge in [-0.15, -0.1) is 0 Å². The highest BCUT2D eigenvalue weighted by Crippen LogP contribution is 2.45. The Balaban J connectivity index is 1.35. The highest BCUT2D eigenvalue weighted by Gasteiger charge is 2.41. The predicted molar refractivity (Wildman–Crippen MR) is 108 cm³/mol. The van der Waals surface area contributed by atoms with Crippen LogP contribution in [0, 0.1) is 0 Å². The van der Waals surface area contributed by atoms with Crippen LogP contribution in [0.25, 0.3) is 10.9 Å². The van der Waals surface area contributed by atoms with Crippen LogP contribution in [-0.2, 0) is 18.6 Å². The van der Waals surface area contributed by atoms with Gasteiger partial charge in [-0.1, -0.05) is 40.2 Å². The summed E-state index contributed by atoms with van der Waals surface area (Å²) in [5.74, 6) is 0. The summed E-state index contributed by atoms with van der Waals surface area (Å²) in [6.45, 7) is 0.849. The molecule has 1 atom stereocenters. The van der Waals surface area contributed by atoms with Crippen LogP contribution < -0.4 is 5.32 Å². The summed E-state index contributed by atoms with van der Waals surface area (Å²) in [6, 6.07) is 15.3. The van der Waals surface area contributed by atoms with E-state index in [-0.39, 0.29) is 0 Å². The summed E-state index contributed by atoms with van der Waals surface area (Å²) < 4.78 is 1.14. The second-order valence-electron chi connectivity index (χ2n) is 7.76. The molecule has 3 nitrogen and oxygen atoms in total. The fraction of sp³-hybridized carbons (Fsp3) is 0.364. The molecule has 3 N–H and O–H groups in total. The summed E-state index contributed by atoms with van der Waals surface area (Å²) in [5, 5.41) is 15.3. The lowest BCUT2D eigenvalue weighted by molar-refractivity contribution is 0.151. The zero-order valence-corrected chi connectivity index (χ0v) is 16.3. The Morgan fingerprint density at radius 3 is 2.73 bits per heavy atom. The monoisotopic (exact) mass is 410 g/mol. The standard InChI is InChI=1S/C22H23BrN2O/c23-16-8-9-19-18(12-16)17-2-1-3-20(21(17)25-19)24-13-14-4-6-15(7-5-14)22(26)10-11-22/h4-9,12,20,24-26H,1-3,10-11,13H2/t20-/m1/s1. The summed E-state index contributed by atoms with van der Waals surface area (Å²) in [4.78, 5) is 3.65. The van der Waals surface area contributed by atoms with Crippen molar-refractivity contribution >= 4 is 26.8 Å². The average molecular weight is 411 g/mol. The van der Waals surface area contributed by atoms with Gasteiger partial charge in [0.05, 0.1) is 5.60 Å². The number of aryl methyl sites for hydroxylation is 1. The quantitative estimate of drug-likeness (QED) is 0.561. The SMILES string of the molecule is OC1(c2ccc(CN[C@@H]3CCCc4c3[nH]c3ccc(Br)cc43)cc2)CC1. The molecule has 4 heteroatoms. The van der Waals surface area contributed by atoms with Gasteiger partial charge < -0.3 is 15.4 Å². The molecule has 2 aliphatic carbocycles. The third-order valence-corrected chi connectivity index (χ3v) is 6.43. The number of nitrogens with one attached hydrogen (secondary N) is 2. The Morgan fingerprint density at radius 2 is 1.96 bits per heavy atom. The number of rotatable bonds is 4. The van der Waals surface area contributed by atoms with E-state index in [1.54, 1.807) is 0 Å². The molecule has 2 aliphatic rings. The first-order valence-electron chi connectivity index (χ1n) is 9.48. The molecule has 0 saturated heterocycles. The van der Waals surface area contributed by atoms with Crippen LogP contribution in [0.1, 0.15) is 54.1 Å². The number of hydrogen-bond acceptors (Lipinski definition) is 2. The van der Waals surface area contributed by atoms with Crippen molar-refractivity contribution in [1.29, 1.82) is 0 Å². The van der Waals surface area contributed by atoms with Crippen LogP contribution in [0.4, 0.5) is 0 Å². The molecule has 134 valence electrons. The maximum Gasteiger partial charge on any atom is 0.0899 e. The number of hydrogen-bond donors (Lipinski definition) is 3. The number of halogens is 1. The molecule has 5 rings (SSSR count). The molecule has 0 radical (unpaired) electrons. The van der Waals surface area contributed by atoms with Gasteiger partial charge in [0.25, 0.3) is 0 Å². The van der Waals surface area contributed by atoms with E-state index in [1.807, 2.05) is 0 Å². The molecule has 3 aromatic rings. The van der Waals surface area contributed by atoms with Gasteiger partial charge in [-0.2, -0.15) is 0 Å². The number of aromatic amines is 1. The second-order valence-corrected chi connectivity index (χ2v) is 8.68. The highest BCUT2D eigenvalue weighted by atomic mass is 79.9. The Labute approximate surface area is 161 Å². The van der Waals surface area contributed by atoms with Crippen molar-refractivity contribution in [2.75, 3.05) is 0 Å². The minimum absolute atomic E-state index is 0.372. The summed E-state index contributed by atoms with van der Waals surface area (Å²) in [5.41, 5.74) is 5.84. The van der Waals surface area contributed by atoms with Crippen molar-refractivity contribution in [2.24, 2.45) is 0 Å². The van der Waals surface area contributed by atoms with E-state index in [0.717, 1.165) is 35.8 Å². The van der Waals surface area contributed by atoms with E-state index >= 15 is 0 Å². The molecule has 1 aromatic heterocycles. The predicted octanol–water partition coefficient (Wildman–Crippen LogP) is 5.08. The third-order valence-electron chi connectivity index (χ3n) is 5.94. The lowest BCUT2D eigenvalue weighted by atomic mass is 9.91. The number of aromatic nitrogens is 1. The molecular weight excluding hydrogens is 388 g/mol. The molecule has 26 heavy (non-hydrogen) atoms. The topological polar surface area (TPSA) is 48.0 Å². The molecule has 2 aromatic carbocycles. The molecule has 0 unspecified atom stereocenters. The molecule has 0 spiro atoms. The van der Waals surface area contributed by atoms with Crippen LogP contribution >= 0.6 is 15.9 Å². The Hall–Kier alpha value is -1.62. The van der Waals surface area contributed by atoms with Crippen molar-refractivity contribution in [3.63, 3.8) is 0 Å². The molecule has 0 bridgehead atoms. The first-order chi connectivity index (χ1) is 12.6. The Bertz CT molecular complexity index is 956. The lowest BCUT2D eigenvalue weighted by Crippen LogP contribution is -2.24. The van der Waals surface area contributed by atoms with Crippen molar-refractivity contribution in [3.05, 3.63) is 69.3 Å². The molecule has 0 amide bonds. The van der Waals surface area contributed by atoms with Gasteiger partial charge in [0, 0.05) is 33.7 Å². The first-order valence-corrected chi connectivity index (χ1v) is 10.3. The van der Waals surface area contributed by atoms with Gasteiger partial charge in [0.1, 0.15) is 0 Å². The minimum atomic E-state index is -0.539. The lowest BCUT2D eigenvalue weighted by Gasteiger charge is -2.24. The number of H-pyrrole nitrogens is 1. The number of aliphatic hydroxyl groups is 1. The van der Waals surface area contributed by atoms with Gasteiger partial charge in [-0.05, 0) is 67.0 Å². The van der Waals surface area contributed by atoms with Crippen LogP contribution in [0.15, 0.2) is 46.9 Å². The molecular formula is C22H23BrN2O. The smallest absolute Gasteiger partial charge is 0.0899 e. The second kappa shape index (κ2) is 6.22. The molecule has 1 heterocycles. The van der Waals surface area contributed by atoms with E-state index < -0.39 is 5.60 Å². The molecule has 1 saturated carbocycles. The van der Waals surface area contributed by atoms with Crippen molar-refractivity contribution in [2.45, 2.75) is 50.3 Å². The largest absolute Gasteiger partial charge is 0.385 e. The van der Waals surface area contributed by atoms with Gasteiger partial charge in [0.2, 0.25) is 0 Å². The Kier molecular flexibility index (Phi) is 3.96. The molecule has 0 aliphatic heterocycles. The van der Waals surface area contributed by atoms with Gasteiger partial charge in [-0.25, -0.2) is 0 Å². The summed E-state index contributed by atoms with van der Waals surface area (Å²) >= 11 is 3.60. The average Bonchev–Trinajstić information content (AvgIpc) is 3.30. The fourth-order valence-corrected chi connectivity index (χ4v) is 4.58. The van der Waals surface area contributed by atoms with Gasteiger partial charge in [-0.3, -0.25) is 0 Å². The van der Waals surface area contributed by atoms with E-state index in [0.29, 0.717) is 6.04 Å². The van der Waals surface area contributed by atoms with E-state index in [1.165, 1.54) is 40.6 Å². The highest BCUT2D eigenvalue weighted by molar-refractivity contribution is 9.10. The molecule has 1 fully saturated rings. The van der Waals surface area contributed by atoms with E-state index in [4.69, 9.17) is 0 Å². The van der Waals surface area contributed by atoms with E-state index in [2.05, 4.69) is 68.7 Å². The van der Waals surface area contributed by atoms with Gasteiger partial charge >= 0.3 is 0 Å². The van der Waals surface area contributed by atoms with E-state index in [9.17, 15) is 5.11 Å². The zero-order valence-electron chi connectivity index (χ0n) is 14.7. The first kappa shape index (κ1) is 16.5. The number of benzene rings is 2. The Morgan fingerprint density at radius 1 is 1.15 bits per heavy atom.